The summed E-state index contributed by atoms with van der Waals surface area (Å²) < 4.78 is 0. The summed E-state index contributed by atoms with van der Waals surface area (Å²) in [6, 6.07) is 9.41. The van der Waals surface area contributed by atoms with Crippen LogP contribution in [0.1, 0.15) is 43.7 Å². The molecule has 2 aliphatic heterocycles. The SMILES string of the molecule is CC1CN=C(NCc2cccc(CN3CCCCCC3)c2)N1. The summed E-state index contributed by atoms with van der Waals surface area (Å²) in [5, 5.41) is 6.74. The van der Waals surface area contributed by atoms with Crippen LogP contribution in [0.15, 0.2) is 29.3 Å². The standard InChI is InChI=1S/C18H28N4/c1-15-12-19-18(21-15)20-13-16-7-6-8-17(11-16)14-22-9-4-2-3-5-10-22/h6-8,11,15H,2-5,9-10,12-14H2,1H3,(H2,19,20,21). The lowest BCUT2D eigenvalue weighted by Crippen LogP contribution is -2.37. The largest absolute Gasteiger partial charge is 0.352 e. The first-order valence-electron chi connectivity index (χ1n) is 8.64. The normalized spacial score (nSPS) is 22.8. The van der Waals surface area contributed by atoms with Gasteiger partial charge in [-0.2, -0.15) is 0 Å². The molecule has 4 nitrogen and oxygen atoms in total. The Kier molecular flexibility index (Phi) is 5.33. The molecule has 0 amide bonds. The van der Waals surface area contributed by atoms with Gasteiger partial charge in [-0.3, -0.25) is 9.89 Å². The van der Waals surface area contributed by atoms with Crippen molar-refractivity contribution in [1.82, 2.24) is 15.5 Å². The molecule has 1 fully saturated rings. The Hall–Kier alpha value is -1.55. The van der Waals surface area contributed by atoms with E-state index < -0.39 is 0 Å². The highest BCUT2D eigenvalue weighted by Gasteiger charge is 2.12. The van der Waals surface area contributed by atoms with Crippen molar-refractivity contribution in [1.29, 1.82) is 0 Å². The minimum absolute atomic E-state index is 0.455. The molecule has 0 aliphatic carbocycles. The van der Waals surface area contributed by atoms with Crippen molar-refractivity contribution in [3.8, 4) is 0 Å². The molecular weight excluding hydrogens is 272 g/mol. The fraction of sp³-hybridized carbons (Fsp3) is 0.611. The second kappa shape index (κ2) is 7.63. The first kappa shape index (κ1) is 15.3. The van der Waals surface area contributed by atoms with Crippen molar-refractivity contribution in [2.45, 2.75) is 51.7 Å². The minimum atomic E-state index is 0.455. The Morgan fingerprint density at radius 1 is 1.18 bits per heavy atom. The lowest BCUT2D eigenvalue weighted by molar-refractivity contribution is 0.277. The summed E-state index contributed by atoms with van der Waals surface area (Å²) >= 11 is 0. The van der Waals surface area contributed by atoms with Crippen LogP contribution in [0.25, 0.3) is 0 Å². The average molecular weight is 300 g/mol. The zero-order chi connectivity index (χ0) is 15.2. The molecule has 2 heterocycles. The lowest BCUT2D eigenvalue weighted by Gasteiger charge is -2.20. The van der Waals surface area contributed by atoms with Crippen LogP contribution in [0.3, 0.4) is 0 Å². The number of likely N-dealkylation sites (tertiary alicyclic amines) is 1. The first-order valence-corrected chi connectivity index (χ1v) is 8.64. The van der Waals surface area contributed by atoms with Crippen molar-refractivity contribution in [2.24, 2.45) is 4.99 Å². The molecule has 0 radical (unpaired) electrons. The van der Waals surface area contributed by atoms with Gasteiger partial charge in [0.25, 0.3) is 0 Å². The zero-order valence-electron chi connectivity index (χ0n) is 13.6. The second-order valence-electron chi connectivity index (χ2n) is 6.60. The highest BCUT2D eigenvalue weighted by Crippen LogP contribution is 2.14. The topological polar surface area (TPSA) is 39.7 Å². The maximum atomic E-state index is 4.44. The van der Waals surface area contributed by atoms with Crippen molar-refractivity contribution in [3.05, 3.63) is 35.4 Å². The molecule has 0 bridgehead atoms. The second-order valence-corrected chi connectivity index (χ2v) is 6.60. The summed E-state index contributed by atoms with van der Waals surface area (Å²) in [5.74, 6) is 0.936. The summed E-state index contributed by atoms with van der Waals surface area (Å²) in [5.41, 5.74) is 2.76. The van der Waals surface area contributed by atoms with Gasteiger partial charge in [0.15, 0.2) is 5.96 Å². The Morgan fingerprint density at radius 3 is 2.68 bits per heavy atom. The number of aliphatic imine (C=N–C) groups is 1. The van der Waals surface area contributed by atoms with E-state index in [1.54, 1.807) is 0 Å². The molecule has 1 aromatic carbocycles. The van der Waals surface area contributed by atoms with Gasteiger partial charge in [-0.25, -0.2) is 0 Å². The van der Waals surface area contributed by atoms with E-state index in [2.05, 4.69) is 51.7 Å². The maximum Gasteiger partial charge on any atom is 0.191 e. The van der Waals surface area contributed by atoms with Gasteiger partial charge in [0.2, 0.25) is 0 Å². The summed E-state index contributed by atoms with van der Waals surface area (Å²) in [6.45, 7) is 7.45. The van der Waals surface area contributed by atoms with Crippen LogP contribution < -0.4 is 10.6 Å². The molecule has 3 rings (SSSR count). The summed E-state index contributed by atoms with van der Waals surface area (Å²) in [4.78, 5) is 7.05. The van der Waals surface area contributed by atoms with Crippen molar-refractivity contribution in [2.75, 3.05) is 19.6 Å². The molecule has 120 valence electrons. The van der Waals surface area contributed by atoms with Gasteiger partial charge in [0.05, 0.1) is 6.54 Å². The Labute approximate surface area is 134 Å². The summed E-state index contributed by atoms with van der Waals surface area (Å²) in [7, 11) is 0. The molecule has 2 aliphatic rings. The molecule has 4 heteroatoms. The minimum Gasteiger partial charge on any atom is -0.352 e. The van der Waals surface area contributed by atoms with E-state index in [4.69, 9.17) is 0 Å². The highest BCUT2D eigenvalue weighted by atomic mass is 15.2. The van der Waals surface area contributed by atoms with E-state index in [0.717, 1.165) is 25.6 Å². The van der Waals surface area contributed by atoms with E-state index in [0.29, 0.717) is 6.04 Å². The van der Waals surface area contributed by atoms with Crippen molar-refractivity contribution >= 4 is 5.96 Å². The third-order valence-corrected chi connectivity index (χ3v) is 4.46. The van der Waals surface area contributed by atoms with Crippen LogP contribution in [0.4, 0.5) is 0 Å². The number of benzene rings is 1. The van der Waals surface area contributed by atoms with Crippen LogP contribution >= 0.6 is 0 Å². The van der Waals surface area contributed by atoms with Crippen molar-refractivity contribution in [3.63, 3.8) is 0 Å². The fourth-order valence-corrected chi connectivity index (χ4v) is 3.24. The third kappa shape index (κ3) is 4.47. The molecule has 0 saturated carbocycles. The van der Waals surface area contributed by atoms with Gasteiger partial charge in [-0.1, -0.05) is 37.1 Å². The molecule has 1 atom stereocenters. The molecule has 0 spiro atoms. The lowest BCUT2D eigenvalue weighted by atomic mass is 10.1. The number of guanidine groups is 1. The third-order valence-electron chi connectivity index (χ3n) is 4.46. The smallest absolute Gasteiger partial charge is 0.191 e. The molecule has 1 aromatic rings. The van der Waals surface area contributed by atoms with Gasteiger partial charge in [0, 0.05) is 19.1 Å². The molecule has 22 heavy (non-hydrogen) atoms. The molecule has 1 unspecified atom stereocenters. The van der Waals surface area contributed by atoms with Crippen LogP contribution in [-0.4, -0.2) is 36.5 Å². The number of nitrogens with zero attached hydrogens (tertiary/aromatic N) is 2. The van der Waals surface area contributed by atoms with Crippen molar-refractivity contribution < 1.29 is 0 Å². The molecule has 1 saturated heterocycles. The van der Waals surface area contributed by atoms with Crippen LogP contribution in [0, 0.1) is 0 Å². The van der Waals surface area contributed by atoms with Gasteiger partial charge >= 0.3 is 0 Å². The Morgan fingerprint density at radius 2 is 1.95 bits per heavy atom. The zero-order valence-corrected chi connectivity index (χ0v) is 13.6. The highest BCUT2D eigenvalue weighted by molar-refractivity contribution is 5.81. The Bertz CT molecular complexity index is 504. The van der Waals surface area contributed by atoms with Gasteiger partial charge in [0.1, 0.15) is 0 Å². The maximum absolute atomic E-state index is 4.44. The predicted molar refractivity (Wildman–Crippen MR) is 91.9 cm³/mol. The van der Waals surface area contributed by atoms with Crippen LogP contribution in [-0.2, 0) is 13.1 Å². The van der Waals surface area contributed by atoms with Gasteiger partial charge in [-0.15, -0.1) is 0 Å². The number of rotatable bonds is 4. The summed E-state index contributed by atoms with van der Waals surface area (Å²) in [6.07, 6.45) is 5.50. The molecule has 2 N–H and O–H groups in total. The first-order chi connectivity index (χ1) is 10.8. The average Bonchev–Trinajstić information content (AvgIpc) is 2.77. The van der Waals surface area contributed by atoms with Crippen LogP contribution in [0.2, 0.25) is 0 Å². The van der Waals surface area contributed by atoms with Gasteiger partial charge in [-0.05, 0) is 44.0 Å². The monoisotopic (exact) mass is 300 g/mol. The number of hydrogen-bond donors (Lipinski definition) is 2. The van der Waals surface area contributed by atoms with E-state index in [1.165, 1.54) is 49.9 Å². The van der Waals surface area contributed by atoms with E-state index in [9.17, 15) is 0 Å². The number of hydrogen-bond acceptors (Lipinski definition) is 4. The predicted octanol–water partition coefficient (Wildman–Crippen LogP) is 2.50. The Balaban J connectivity index is 1.53. The van der Waals surface area contributed by atoms with E-state index in [1.807, 2.05) is 0 Å². The van der Waals surface area contributed by atoms with E-state index >= 15 is 0 Å². The van der Waals surface area contributed by atoms with Gasteiger partial charge < -0.3 is 10.6 Å². The number of nitrogens with one attached hydrogen (secondary N) is 2. The molecular formula is C18H28N4. The van der Waals surface area contributed by atoms with Crippen LogP contribution in [0.5, 0.6) is 0 Å². The molecule has 0 aromatic heterocycles. The fourth-order valence-electron chi connectivity index (χ4n) is 3.24. The quantitative estimate of drug-likeness (QED) is 0.897. The van der Waals surface area contributed by atoms with E-state index in [-0.39, 0.29) is 0 Å².